The average Bonchev–Trinajstić information content (AvgIpc) is 3.18. The maximum Gasteiger partial charge on any atom is 0.237 e. The summed E-state index contributed by atoms with van der Waals surface area (Å²) in [4.78, 5) is 15.2. The molecule has 1 amide bonds. The van der Waals surface area contributed by atoms with E-state index in [0.29, 0.717) is 31.3 Å². The highest BCUT2D eigenvalue weighted by Crippen LogP contribution is 2.30. The van der Waals surface area contributed by atoms with E-state index in [0.717, 1.165) is 25.8 Å². The lowest BCUT2D eigenvalue weighted by Gasteiger charge is -2.29. The van der Waals surface area contributed by atoms with E-state index in [1.807, 2.05) is 0 Å². The van der Waals surface area contributed by atoms with E-state index in [2.05, 4.69) is 53.6 Å². The predicted octanol–water partition coefficient (Wildman–Crippen LogP) is 1.36. The number of hydrogen-bond donors (Lipinski definition) is 2. The molecule has 0 bridgehead atoms. The molecule has 1 aliphatic carbocycles. The molecule has 0 spiro atoms. The van der Waals surface area contributed by atoms with Crippen molar-refractivity contribution in [1.29, 1.82) is 0 Å². The van der Waals surface area contributed by atoms with E-state index in [-0.39, 0.29) is 11.9 Å². The van der Waals surface area contributed by atoms with Crippen molar-refractivity contribution in [3.05, 3.63) is 35.4 Å². The van der Waals surface area contributed by atoms with Crippen LogP contribution in [0.4, 0.5) is 0 Å². The van der Waals surface area contributed by atoms with Crippen LogP contribution in [-0.2, 0) is 22.4 Å². The van der Waals surface area contributed by atoms with Crippen LogP contribution in [-0.4, -0.2) is 61.8 Å². The van der Waals surface area contributed by atoms with Gasteiger partial charge < -0.3 is 15.4 Å². The van der Waals surface area contributed by atoms with Crippen LogP contribution in [0.1, 0.15) is 31.4 Å². The molecular weight excluding hydrogens is 314 g/mol. The van der Waals surface area contributed by atoms with E-state index in [4.69, 9.17) is 4.74 Å². The van der Waals surface area contributed by atoms with Crippen LogP contribution in [0.3, 0.4) is 0 Å². The molecule has 2 N–H and O–H groups in total. The Bertz CT molecular complexity index is 565. The third-order valence-electron chi connectivity index (χ3n) is 5.31. The van der Waals surface area contributed by atoms with Crippen LogP contribution in [0.25, 0.3) is 0 Å². The van der Waals surface area contributed by atoms with Gasteiger partial charge in [-0.15, -0.1) is 0 Å². The first-order chi connectivity index (χ1) is 12.1. The second-order valence-corrected chi connectivity index (χ2v) is 7.58. The van der Waals surface area contributed by atoms with Crippen molar-refractivity contribution in [1.82, 2.24) is 15.5 Å². The van der Waals surface area contributed by atoms with Gasteiger partial charge in [0.15, 0.2) is 0 Å². The molecule has 138 valence electrons. The summed E-state index contributed by atoms with van der Waals surface area (Å²) in [7, 11) is 1.66. The molecule has 1 aliphatic heterocycles. The number of fused-ring (bicyclic) bond motifs is 1. The number of benzene rings is 1. The van der Waals surface area contributed by atoms with Crippen molar-refractivity contribution in [3.63, 3.8) is 0 Å². The number of carbonyl (C=O) groups excluding carboxylic acids is 1. The van der Waals surface area contributed by atoms with Crippen molar-refractivity contribution >= 4 is 5.91 Å². The Morgan fingerprint density at radius 2 is 1.96 bits per heavy atom. The van der Waals surface area contributed by atoms with E-state index in [1.165, 1.54) is 11.1 Å². The highest BCUT2D eigenvalue weighted by Gasteiger charge is 2.41. The number of amides is 1. The number of nitrogens with zero attached hydrogens (tertiary/aromatic N) is 1. The molecule has 3 rings (SSSR count). The van der Waals surface area contributed by atoms with Gasteiger partial charge in [-0.1, -0.05) is 38.1 Å². The molecule has 25 heavy (non-hydrogen) atoms. The lowest BCUT2D eigenvalue weighted by Crippen LogP contribution is -2.48. The van der Waals surface area contributed by atoms with Crippen LogP contribution in [0.15, 0.2) is 24.3 Å². The van der Waals surface area contributed by atoms with Crippen LogP contribution in [0.5, 0.6) is 0 Å². The lowest BCUT2D eigenvalue weighted by molar-refractivity contribution is -0.126. The van der Waals surface area contributed by atoms with Crippen molar-refractivity contribution in [2.45, 2.75) is 57.3 Å². The van der Waals surface area contributed by atoms with Crippen molar-refractivity contribution < 1.29 is 9.53 Å². The van der Waals surface area contributed by atoms with Gasteiger partial charge in [0.2, 0.25) is 5.91 Å². The summed E-state index contributed by atoms with van der Waals surface area (Å²) in [5.74, 6) is 0.140. The Hall–Kier alpha value is -1.43. The zero-order valence-corrected chi connectivity index (χ0v) is 15.6. The van der Waals surface area contributed by atoms with Gasteiger partial charge in [-0.25, -0.2) is 0 Å². The van der Waals surface area contributed by atoms with E-state index < -0.39 is 0 Å². The van der Waals surface area contributed by atoms with E-state index >= 15 is 0 Å². The highest BCUT2D eigenvalue weighted by atomic mass is 16.5. The first-order valence-corrected chi connectivity index (χ1v) is 9.43. The monoisotopic (exact) mass is 345 g/mol. The quantitative estimate of drug-likeness (QED) is 0.733. The molecule has 0 unspecified atom stereocenters. The number of ether oxygens (including phenoxy) is 1. The number of hydrogen-bond acceptors (Lipinski definition) is 4. The molecule has 1 aromatic rings. The summed E-state index contributed by atoms with van der Waals surface area (Å²) in [5, 5.41) is 6.66. The fourth-order valence-electron chi connectivity index (χ4n) is 4.28. The van der Waals surface area contributed by atoms with Crippen LogP contribution in [0.2, 0.25) is 0 Å². The maximum absolute atomic E-state index is 12.8. The minimum absolute atomic E-state index is 0.0487. The van der Waals surface area contributed by atoms with E-state index in [9.17, 15) is 4.79 Å². The zero-order chi connectivity index (χ0) is 17.8. The Labute approximate surface area is 151 Å². The van der Waals surface area contributed by atoms with Gasteiger partial charge in [0, 0.05) is 38.3 Å². The maximum atomic E-state index is 12.8. The topological polar surface area (TPSA) is 53.6 Å². The summed E-state index contributed by atoms with van der Waals surface area (Å²) < 4.78 is 5.06. The standard InChI is InChI=1S/C20H31N3O2/c1-14(2)22-17-12-19(20(24)21-8-9-25-3)23(13-17)18-10-15-6-4-5-7-16(15)11-18/h4-7,14,17-19,22H,8-13H2,1-3H3,(H,21,24)/t17-,19-/m0/s1. The fourth-order valence-corrected chi connectivity index (χ4v) is 4.28. The van der Waals surface area contributed by atoms with Gasteiger partial charge in [-0.05, 0) is 30.4 Å². The summed E-state index contributed by atoms with van der Waals surface area (Å²) in [5.41, 5.74) is 2.87. The first kappa shape index (κ1) is 18.4. The number of rotatable bonds is 7. The number of nitrogens with one attached hydrogen (secondary N) is 2. The first-order valence-electron chi connectivity index (χ1n) is 9.43. The second-order valence-electron chi connectivity index (χ2n) is 7.58. The Kier molecular flexibility index (Phi) is 6.10. The van der Waals surface area contributed by atoms with Crippen molar-refractivity contribution in [2.24, 2.45) is 0 Å². The van der Waals surface area contributed by atoms with Gasteiger partial charge in [0.1, 0.15) is 0 Å². The summed E-state index contributed by atoms with van der Waals surface area (Å²) in [6, 6.07) is 9.87. The van der Waals surface area contributed by atoms with E-state index in [1.54, 1.807) is 7.11 Å². The molecule has 1 aromatic carbocycles. The number of likely N-dealkylation sites (tertiary alicyclic amines) is 1. The SMILES string of the molecule is COCCNC(=O)[C@@H]1C[C@H](NC(C)C)CN1C1Cc2ccccc2C1. The normalized spacial score (nSPS) is 24.0. The van der Waals surface area contributed by atoms with Gasteiger partial charge in [-0.2, -0.15) is 0 Å². The average molecular weight is 345 g/mol. The zero-order valence-electron chi connectivity index (χ0n) is 15.6. The van der Waals surface area contributed by atoms with Crippen LogP contribution < -0.4 is 10.6 Å². The van der Waals surface area contributed by atoms with Crippen LogP contribution in [0, 0.1) is 0 Å². The Balaban J connectivity index is 1.69. The summed E-state index contributed by atoms with van der Waals surface area (Å²) >= 11 is 0. The van der Waals surface area contributed by atoms with Gasteiger partial charge in [0.05, 0.1) is 12.6 Å². The Morgan fingerprint density at radius 3 is 2.56 bits per heavy atom. The molecule has 1 fully saturated rings. The summed E-state index contributed by atoms with van der Waals surface area (Å²) in [6.45, 7) is 6.41. The largest absolute Gasteiger partial charge is 0.383 e. The number of methoxy groups -OCH3 is 1. The van der Waals surface area contributed by atoms with Gasteiger partial charge in [-0.3, -0.25) is 9.69 Å². The second kappa shape index (κ2) is 8.30. The van der Waals surface area contributed by atoms with Crippen LogP contribution >= 0.6 is 0 Å². The smallest absolute Gasteiger partial charge is 0.237 e. The third kappa shape index (κ3) is 4.40. The summed E-state index contributed by atoms with van der Waals surface area (Å²) in [6.07, 6.45) is 2.97. The molecule has 2 atom stereocenters. The Morgan fingerprint density at radius 1 is 1.28 bits per heavy atom. The molecule has 1 saturated heterocycles. The van der Waals surface area contributed by atoms with Gasteiger partial charge >= 0.3 is 0 Å². The van der Waals surface area contributed by atoms with Crippen molar-refractivity contribution in [3.8, 4) is 0 Å². The predicted molar refractivity (Wildman–Crippen MR) is 99.7 cm³/mol. The minimum Gasteiger partial charge on any atom is -0.383 e. The molecule has 0 saturated carbocycles. The molecule has 1 heterocycles. The third-order valence-corrected chi connectivity index (χ3v) is 5.31. The molecule has 5 nitrogen and oxygen atoms in total. The minimum atomic E-state index is -0.0487. The molecule has 2 aliphatic rings. The molecule has 5 heteroatoms. The molecule has 0 aromatic heterocycles. The molecular formula is C20H31N3O2. The fraction of sp³-hybridized carbons (Fsp3) is 0.650. The number of carbonyl (C=O) groups is 1. The molecule has 0 radical (unpaired) electrons. The highest BCUT2D eigenvalue weighted by molar-refractivity contribution is 5.82. The van der Waals surface area contributed by atoms with Crippen molar-refractivity contribution in [2.75, 3.05) is 26.8 Å². The lowest BCUT2D eigenvalue weighted by atomic mass is 10.1. The van der Waals surface area contributed by atoms with Gasteiger partial charge in [0.25, 0.3) is 0 Å².